The summed E-state index contributed by atoms with van der Waals surface area (Å²) in [7, 11) is 0. The summed E-state index contributed by atoms with van der Waals surface area (Å²) in [5, 5.41) is 10.3. The van der Waals surface area contributed by atoms with Crippen LogP contribution in [0.3, 0.4) is 0 Å². The minimum atomic E-state index is -0.00801. The topological polar surface area (TPSA) is 105 Å². The predicted molar refractivity (Wildman–Crippen MR) is 75.1 cm³/mol. The van der Waals surface area contributed by atoms with E-state index in [-0.39, 0.29) is 6.04 Å². The van der Waals surface area contributed by atoms with E-state index in [0.717, 1.165) is 36.0 Å². The second-order valence-corrected chi connectivity index (χ2v) is 5.40. The number of nitrogens with two attached hydrogens (primary N) is 1. The Balaban J connectivity index is 1.69. The van der Waals surface area contributed by atoms with Gasteiger partial charge < -0.3 is 11.1 Å². The second-order valence-electron chi connectivity index (χ2n) is 5.40. The first-order chi connectivity index (χ1) is 9.61. The maximum atomic E-state index is 5.82. The van der Waals surface area contributed by atoms with E-state index in [1.54, 1.807) is 6.33 Å². The lowest BCUT2D eigenvalue weighted by atomic mass is 9.78. The van der Waals surface area contributed by atoms with Crippen molar-refractivity contribution in [3.05, 3.63) is 29.7 Å². The van der Waals surface area contributed by atoms with Crippen LogP contribution in [-0.2, 0) is 0 Å². The Morgan fingerprint density at radius 2 is 2.20 bits per heavy atom. The fourth-order valence-corrected chi connectivity index (χ4v) is 2.42. The van der Waals surface area contributed by atoms with Crippen molar-refractivity contribution in [2.75, 3.05) is 5.32 Å². The van der Waals surface area contributed by atoms with Crippen LogP contribution in [0.25, 0.3) is 0 Å². The molecule has 2 aromatic heterocycles. The van der Waals surface area contributed by atoms with Gasteiger partial charge in [-0.05, 0) is 26.7 Å². The predicted octanol–water partition coefficient (Wildman–Crippen LogP) is 1.28. The number of aryl methyl sites for hydroxylation is 1. The zero-order valence-corrected chi connectivity index (χ0v) is 11.7. The molecule has 2 aromatic rings. The summed E-state index contributed by atoms with van der Waals surface area (Å²) in [6, 6.07) is 2.31. The zero-order valence-electron chi connectivity index (χ0n) is 11.7. The monoisotopic (exact) mass is 273 g/mol. The molecule has 1 unspecified atom stereocenters. The van der Waals surface area contributed by atoms with E-state index in [1.165, 1.54) is 0 Å². The van der Waals surface area contributed by atoms with Crippen molar-refractivity contribution >= 4 is 5.82 Å². The average molecular weight is 273 g/mol. The number of rotatable bonds is 4. The zero-order chi connectivity index (χ0) is 14.1. The van der Waals surface area contributed by atoms with Crippen LogP contribution in [0.15, 0.2) is 12.4 Å². The van der Waals surface area contributed by atoms with Crippen molar-refractivity contribution in [3.8, 4) is 0 Å². The Hall–Kier alpha value is -2.02. The molecule has 0 saturated heterocycles. The summed E-state index contributed by atoms with van der Waals surface area (Å²) in [5.41, 5.74) is 6.88. The van der Waals surface area contributed by atoms with Gasteiger partial charge in [0.15, 0.2) is 5.82 Å². The van der Waals surface area contributed by atoms with E-state index < -0.39 is 0 Å². The largest absolute Gasteiger partial charge is 0.360 e. The fourth-order valence-electron chi connectivity index (χ4n) is 2.42. The number of hydrogen-bond donors (Lipinski definition) is 3. The number of hydrogen-bond acceptors (Lipinski definition) is 6. The molecule has 1 saturated carbocycles. The van der Waals surface area contributed by atoms with Gasteiger partial charge in [-0.2, -0.15) is 5.10 Å². The number of aromatic nitrogens is 5. The van der Waals surface area contributed by atoms with Crippen LogP contribution in [-0.4, -0.2) is 31.2 Å². The Bertz CT molecular complexity index is 588. The van der Waals surface area contributed by atoms with Crippen LogP contribution in [0.2, 0.25) is 0 Å². The summed E-state index contributed by atoms with van der Waals surface area (Å²) >= 11 is 0. The van der Waals surface area contributed by atoms with Crippen molar-refractivity contribution in [2.24, 2.45) is 5.73 Å². The van der Waals surface area contributed by atoms with E-state index in [9.17, 15) is 0 Å². The van der Waals surface area contributed by atoms with Gasteiger partial charge in [-0.25, -0.2) is 15.0 Å². The molecule has 20 heavy (non-hydrogen) atoms. The van der Waals surface area contributed by atoms with Crippen LogP contribution in [0, 0.1) is 6.92 Å². The SMILES string of the molecule is Cc1nc(C(C)Nc2cc(C3CC(N)C3)ncn2)n[nH]1. The number of nitrogens with one attached hydrogen (secondary N) is 2. The number of H-pyrrole nitrogens is 1. The molecule has 4 N–H and O–H groups in total. The van der Waals surface area contributed by atoms with Crippen LogP contribution >= 0.6 is 0 Å². The number of anilines is 1. The highest BCUT2D eigenvalue weighted by Crippen LogP contribution is 2.35. The number of aromatic amines is 1. The second kappa shape index (κ2) is 5.16. The minimum absolute atomic E-state index is 0.00801. The molecule has 0 bridgehead atoms. The molecule has 0 aliphatic heterocycles. The Morgan fingerprint density at radius 3 is 2.85 bits per heavy atom. The molecular weight excluding hydrogens is 254 g/mol. The number of nitrogens with zero attached hydrogens (tertiary/aromatic N) is 4. The molecule has 0 radical (unpaired) electrons. The van der Waals surface area contributed by atoms with Crippen LogP contribution < -0.4 is 11.1 Å². The maximum Gasteiger partial charge on any atom is 0.172 e. The van der Waals surface area contributed by atoms with Crippen molar-refractivity contribution in [1.29, 1.82) is 0 Å². The Labute approximate surface area is 117 Å². The molecule has 3 rings (SSSR count). The molecule has 0 amide bonds. The van der Waals surface area contributed by atoms with E-state index in [2.05, 4.69) is 30.5 Å². The van der Waals surface area contributed by atoms with Crippen molar-refractivity contribution in [3.63, 3.8) is 0 Å². The molecule has 0 aromatic carbocycles. The van der Waals surface area contributed by atoms with Crippen LogP contribution in [0.5, 0.6) is 0 Å². The van der Waals surface area contributed by atoms with Gasteiger partial charge in [-0.15, -0.1) is 0 Å². The molecular formula is C13H19N7. The lowest BCUT2D eigenvalue weighted by Crippen LogP contribution is -2.35. The molecule has 1 atom stereocenters. The highest BCUT2D eigenvalue weighted by molar-refractivity contribution is 5.38. The summed E-state index contributed by atoms with van der Waals surface area (Å²) in [5.74, 6) is 2.80. The van der Waals surface area contributed by atoms with E-state index in [0.29, 0.717) is 12.0 Å². The first-order valence-corrected chi connectivity index (χ1v) is 6.85. The lowest BCUT2D eigenvalue weighted by Gasteiger charge is -2.31. The van der Waals surface area contributed by atoms with Gasteiger partial charge >= 0.3 is 0 Å². The molecule has 0 spiro atoms. The van der Waals surface area contributed by atoms with Crippen molar-refractivity contribution in [2.45, 2.75) is 44.7 Å². The third kappa shape index (κ3) is 2.62. The minimum Gasteiger partial charge on any atom is -0.360 e. The molecule has 106 valence electrons. The maximum absolute atomic E-state index is 5.82. The van der Waals surface area contributed by atoms with Gasteiger partial charge in [-0.1, -0.05) is 0 Å². The third-order valence-corrected chi connectivity index (χ3v) is 3.65. The molecule has 2 heterocycles. The molecule has 1 aliphatic carbocycles. The van der Waals surface area contributed by atoms with E-state index >= 15 is 0 Å². The van der Waals surface area contributed by atoms with E-state index in [1.807, 2.05) is 19.9 Å². The Morgan fingerprint density at radius 1 is 1.40 bits per heavy atom. The van der Waals surface area contributed by atoms with Gasteiger partial charge in [0.1, 0.15) is 18.0 Å². The lowest BCUT2D eigenvalue weighted by molar-refractivity contribution is 0.345. The first kappa shape index (κ1) is 13.0. The third-order valence-electron chi connectivity index (χ3n) is 3.65. The molecule has 7 heteroatoms. The highest BCUT2D eigenvalue weighted by atomic mass is 15.2. The van der Waals surface area contributed by atoms with Crippen molar-refractivity contribution < 1.29 is 0 Å². The average Bonchev–Trinajstić information content (AvgIpc) is 2.82. The van der Waals surface area contributed by atoms with Gasteiger partial charge in [-0.3, -0.25) is 5.10 Å². The Kier molecular flexibility index (Phi) is 3.35. The molecule has 7 nitrogen and oxygen atoms in total. The normalized spacial score (nSPS) is 23.1. The van der Waals surface area contributed by atoms with Crippen molar-refractivity contribution in [1.82, 2.24) is 25.1 Å². The molecule has 1 fully saturated rings. The summed E-state index contributed by atoms with van der Waals surface area (Å²) < 4.78 is 0. The van der Waals surface area contributed by atoms with Gasteiger partial charge in [0.25, 0.3) is 0 Å². The standard InChI is InChI=1S/C13H19N7/c1-7(13-18-8(2)19-20-13)17-12-5-11(15-6-16-12)9-3-10(14)4-9/h5-7,9-10H,3-4,14H2,1-2H3,(H,15,16,17)(H,18,19,20). The molecule has 1 aliphatic rings. The summed E-state index contributed by atoms with van der Waals surface area (Å²) in [6.07, 6.45) is 3.61. The summed E-state index contributed by atoms with van der Waals surface area (Å²) in [6.45, 7) is 3.88. The van der Waals surface area contributed by atoms with Gasteiger partial charge in [0.2, 0.25) is 0 Å². The summed E-state index contributed by atoms with van der Waals surface area (Å²) in [4.78, 5) is 12.9. The van der Waals surface area contributed by atoms with Gasteiger partial charge in [0.05, 0.1) is 6.04 Å². The fraction of sp³-hybridized carbons (Fsp3) is 0.538. The highest BCUT2D eigenvalue weighted by Gasteiger charge is 2.28. The van der Waals surface area contributed by atoms with Gasteiger partial charge in [0, 0.05) is 23.7 Å². The smallest absolute Gasteiger partial charge is 0.172 e. The quantitative estimate of drug-likeness (QED) is 0.775. The van der Waals surface area contributed by atoms with E-state index in [4.69, 9.17) is 5.73 Å². The first-order valence-electron chi connectivity index (χ1n) is 6.85. The van der Waals surface area contributed by atoms with Crippen LogP contribution in [0.1, 0.15) is 49.1 Å². The van der Waals surface area contributed by atoms with Crippen LogP contribution in [0.4, 0.5) is 5.82 Å².